The molecule has 248 valence electrons. The first-order valence-corrected chi connectivity index (χ1v) is 17.1. The van der Waals surface area contributed by atoms with Crippen molar-refractivity contribution in [3.05, 3.63) is 53.7 Å². The smallest absolute Gasteiger partial charge is 0.407 e. The Morgan fingerprint density at radius 2 is 1.81 bits per heavy atom. The largest absolute Gasteiger partial charge is 0.494 e. The van der Waals surface area contributed by atoms with Crippen LogP contribution in [-0.4, -0.2) is 51.0 Å². The van der Waals surface area contributed by atoms with Crippen molar-refractivity contribution in [2.24, 2.45) is 11.8 Å². The first kappa shape index (κ1) is 32.5. The van der Waals surface area contributed by atoms with Gasteiger partial charge in [-0.2, -0.15) is 10.4 Å². The van der Waals surface area contributed by atoms with Crippen molar-refractivity contribution in [3.63, 3.8) is 0 Å². The number of pyridine rings is 2. The minimum absolute atomic E-state index is 0.0182. The highest BCUT2D eigenvalue weighted by Crippen LogP contribution is 2.40. The molecule has 3 aliphatic carbocycles. The van der Waals surface area contributed by atoms with E-state index in [-0.39, 0.29) is 36.1 Å². The Kier molecular flexibility index (Phi) is 10.0. The minimum atomic E-state index is -0.340. The number of amides is 2. The molecule has 3 aromatic rings. The fraction of sp³-hybridized carbons (Fsp3) is 0.556. The lowest BCUT2D eigenvalue weighted by Crippen LogP contribution is -2.40. The summed E-state index contributed by atoms with van der Waals surface area (Å²) in [4.78, 5) is 35.0. The number of carbonyl (C=O) groups excluding carboxylic acids is 2. The SMILES string of the molecule is COc1ccc(C2CCC(Cc3c(-c4cnn(C(C)C)c4)ccnc3NC(=O)C3CCC(NC(=O)OC4CC4)CC3)CC2)nc1C#N. The molecule has 0 atom stereocenters. The lowest BCUT2D eigenvalue weighted by Gasteiger charge is -2.30. The standard InChI is InChI=1S/C36H45N7O4/c1-22(2)43-21-26(20-39-43)29-16-17-38-34(42-35(44)25-8-10-27(11-9-25)40-36(45)47-28-12-13-28)30(29)18-23-4-6-24(7-5-23)31-14-15-33(46-3)32(19-37)41-31/h14-17,20-25,27-28H,4-13,18H2,1-3H3,(H,40,45)(H,38,42,44). The number of ether oxygens (including phenoxy) is 2. The number of anilines is 1. The van der Waals surface area contributed by atoms with E-state index in [1.807, 2.05) is 29.1 Å². The molecule has 2 amide bonds. The number of nitrogens with zero attached hydrogens (tertiary/aromatic N) is 5. The Morgan fingerprint density at radius 1 is 1.04 bits per heavy atom. The number of aromatic nitrogens is 4. The molecule has 0 radical (unpaired) electrons. The number of nitriles is 1. The highest BCUT2D eigenvalue weighted by atomic mass is 16.6. The van der Waals surface area contributed by atoms with Crippen molar-refractivity contribution >= 4 is 17.8 Å². The number of methoxy groups -OCH3 is 1. The van der Waals surface area contributed by atoms with E-state index in [0.717, 1.165) is 80.2 Å². The number of carbonyl (C=O) groups is 2. The molecule has 3 aromatic heterocycles. The van der Waals surface area contributed by atoms with Gasteiger partial charge in [0.25, 0.3) is 0 Å². The van der Waals surface area contributed by atoms with Crippen molar-refractivity contribution in [3.8, 4) is 22.9 Å². The molecule has 6 rings (SSSR count). The Bertz CT molecular complexity index is 1610. The van der Waals surface area contributed by atoms with Crippen LogP contribution >= 0.6 is 0 Å². The average molecular weight is 640 g/mol. The van der Waals surface area contributed by atoms with Crippen molar-refractivity contribution in [2.45, 2.75) is 109 Å². The third-order valence-corrected chi connectivity index (χ3v) is 9.92. The van der Waals surface area contributed by atoms with Gasteiger partial charge >= 0.3 is 6.09 Å². The van der Waals surface area contributed by atoms with Crippen LogP contribution in [0.3, 0.4) is 0 Å². The molecule has 0 unspecified atom stereocenters. The third kappa shape index (κ3) is 7.92. The molecule has 0 spiro atoms. The molecule has 0 aliphatic heterocycles. The first-order chi connectivity index (χ1) is 22.8. The molecule has 3 saturated carbocycles. The van der Waals surface area contributed by atoms with Gasteiger partial charge in [0.2, 0.25) is 5.91 Å². The Morgan fingerprint density at radius 3 is 2.47 bits per heavy atom. The fourth-order valence-electron chi connectivity index (χ4n) is 6.98. The van der Waals surface area contributed by atoms with Gasteiger partial charge in [0, 0.05) is 53.1 Å². The Balaban J connectivity index is 1.14. The number of alkyl carbamates (subject to hydrolysis) is 1. The van der Waals surface area contributed by atoms with Gasteiger partial charge in [-0.25, -0.2) is 14.8 Å². The van der Waals surface area contributed by atoms with Gasteiger partial charge in [0.15, 0.2) is 11.4 Å². The average Bonchev–Trinajstić information content (AvgIpc) is 3.75. The predicted molar refractivity (Wildman–Crippen MR) is 177 cm³/mol. The zero-order chi connectivity index (χ0) is 32.9. The number of rotatable bonds is 10. The fourth-order valence-corrected chi connectivity index (χ4v) is 6.98. The van der Waals surface area contributed by atoms with E-state index in [1.54, 1.807) is 13.3 Å². The highest BCUT2D eigenvalue weighted by Gasteiger charge is 2.31. The van der Waals surface area contributed by atoms with Gasteiger partial charge in [-0.05, 0) is 114 Å². The zero-order valence-electron chi connectivity index (χ0n) is 27.6. The van der Waals surface area contributed by atoms with E-state index in [9.17, 15) is 14.9 Å². The second kappa shape index (κ2) is 14.5. The summed E-state index contributed by atoms with van der Waals surface area (Å²) in [7, 11) is 1.55. The maximum absolute atomic E-state index is 13.6. The molecule has 3 heterocycles. The van der Waals surface area contributed by atoms with E-state index in [0.29, 0.717) is 41.9 Å². The number of hydrogen-bond acceptors (Lipinski definition) is 8. The summed E-state index contributed by atoms with van der Waals surface area (Å²) in [5, 5.41) is 20.3. The van der Waals surface area contributed by atoms with Crippen LogP contribution in [0.5, 0.6) is 5.75 Å². The summed E-state index contributed by atoms with van der Waals surface area (Å²) in [5.41, 5.74) is 4.37. The molecule has 11 nitrogen and oxygen atoms in total. The molecule has 3 fully saturated rings. The molecule has 0 aromatic carbocycles. The summed E-state index contributed by atoms with van der Waals surface area (Å²) < 4.78 is 12.6. The Labute approximate surface area is 276 Å². The molecule has 3 aliphatic rings. The highest BCUT2D eigenvalue weighted by molar-refractivity contribution is 5.93. The van der Waals surface area contributed by atoms with Crippen LogP contribution in [0, 0.1) is 23.2 Å². The monoisotopic (exact) mass is 639 g/mol. The molecule has 0 saturated heterocycles. The van der Waals surface area contributed by atoms with Gasteiger partial charge in [-0.15, -0.1) is 0 Å². The van der Waals surface area contributed by atoms with Gasteiger partial charge in [-0.1, -0.05) is 0 Å². The maximum Gasteiger partial charge on any atom is 0.407 e. The quantitative estimate of drug-likeness (QED) is 0.249. The summed E-state index contributed by atoms with van der Waals surface area (Å²) in [6, 6.07) is 8.27. The summed E-state index contributed by atoms with van der Waals surface area (Å²) in [6.07, 6.45) is 15.0. The molecule has 0 bridgehead atoms. The van der Waals surface area contributed by atoms with Crippen molar-refractivity contribution in [1.29, 1.82) is 5.26 Å². The van der Waals surface area contributed by atoms with Gasteiger partial charge in [0.1, 0.15) is 18.0 Å². The van der Waals surface area contributed by atoms with Crippen molar-refractivity contribution in [1.82, 2.24) is 25.1 Å². The second-order valence-electron chi connectivity index (χ2n) is 13.6. The molecule has 11 heteroatoms. The minimum Gasteiger partial charge on any atom is -0.494 e. The second-order valence-corrected chi connectivity index (χ2v) is 13.6. The zero-order valence-corrected chi connectivity index (χ0v) is 27.6. The van der Waals surface area contributed by atoms with Crippen LogP contribution in [0.25, 0.3) is 11.1 Å². The van der Waals surface area contributed by atoms with E-state index >= 15 is 0 Å². The third-order valence-electron chi connectivity index (χ3n) is 9.92. The van der Waals surface area contributed by atoms with Crippen LogP contribution < -0.4 is 15.4 Å². The van der Waals surface area contributed by atoms with Crippen LogP contribution in [0.2, 0.25) is 0 Å². The summed E-state index contributed by atoms with van der Waals surface area (Å²) in [6.45, 7) is 4.21. The predicted octanol–water partition coefficient (Wildman–Crippen LogP) is 6.70. The van der Waals surface area contributed by atoms with Crippen LogP contribution in [0.1, 0.15) is 107 Å². The van der Waals surface area contributed by atoms with E-state index in [1.165, 1.54) is 0 Å². The molecule has 47 heavy (non-hydrogen) atoms. The first-order valence-electron chi connectivity index (χ1n) is 17.1. The molecular weight excluding hydrogens is 594 g/mol. The topological polar surface area (TPSA) is 144 Å². The lowest BCUT2D eigenvalue weighted by atomic mass is 9.77. The van der Waals surface area contributed by atoms with Crippen molar-refractivity contribution in [2.75, 3.05) is 12.4 Å². The van der Waals surface area contributed by atoms with Gasteiger partial charge < -0.3 is 20.1 Å². The van der Waals surface area contributed by atoms with Crippen molar-refractivity contribution < 1.29 is 19.1 Å². The van der Waals surface area contributed by atoms with E-state index in [2.05, 4.69) is 46.8 Å². The van der Waals surface area contributed by atoms with E-state index in [4.69, 9.17) is 14.5 Å². The molecular formula is C36H45N7O4. The normalized spacial score (nSPS) is 22.7. The summed E-state index contributed by atoms with van der Waals surface area (Å²) >= 11 is 0. The lowest BCUT2D eigenvalue weighted by molar-refractivity contribution is -0.120. The van der Waals surface area contributed by atoms with Gasteiger partial charge in [-0.3, -0.25) is 9.48 Å². The molecule has 2 N–H and O–H groups in total. The summed E-state index contributed by atoms with van der Waals surface area (Å²) in [5.74, 6) is 1.67. The van der Waals surface area contributed by atoms with E-state index < -0.39 is 0 Å². The van der Waals surface area contributed by atoms with Gasteiger partial charge in [0.05, 0.1) is 13.3 Å². The number of nitrogens with one attached hydrogen (secondary N) is 2. The van der Waals surface area contributed by atoms with Crippen LogP contribution in [-0.2, 0) is 16.0 Å². The number of hydrogen-bond donors (Lipinski definition) is 2. The maximum atomic E-state index is 13.6. The van der Waals surface area contributed by atoms with Crippen LogP contribution in [0.4, 0.5) is 10.6 Å². The van der Waals surface area contributed by atoms with Crippen LogP contribution in [0.15, 0.2) is 36.8 Å². The Hall–Kier alpha value is -4.46.